The van der Waals surface area contributed by atoms with Crippen LogP contribution in [0.4, 0.5) is 5.69 Å². The van der Waals surface area contributed by atoms with Gasteiger partial charge in [-0.2, -0.15) is 0 Å². The molecule has 11 heteroatoms. The molecule has 3 N–H and O–H groups in total. The van der Waals surface area contributed by atoms with Crippen molar-refractivity contribution in [3.63, 3.8) is 0 Å². The Bertz CT molecular complexity index is 1420. The number of sulfonamides is 1. The maximum atomic E-state index is 12.4. The maximum absolute atomic E-state index is 12.4. The number of nitrogens with one attached hydrogen (secondary N) is 1. The highest BCUT2D eigenvalue weighted by atomic mass is 35.5. The normalized spacial score (nSPS) is 15.9. The molecule has 1 aliphatic rings. The molecule has 1 heterocycles. The van der Waals surface area contributed by atoms with Gasteiger partial charge in [-0.05, 0) is 77.5 Å². The van der Waals surface area contributed by atoms with Gasteiger partial charge < -0.3 is 14.8 Å². The number of benzene rings is 3. The van der Waals surface area contributed by atoms with Crippen LogP contribution < -0.4 is 19.9 Å². The van der Waals surface area contributed by atoms with E-state index in [2.05, 4.69) is 10.3 Å². The molecule has 0 aliphatic carbocycles. The van der Waals surface area contributed by atoms with E-state index in [1.807, 2.05) is 18.2 Å². The molecule has 180 valence electrons. The Morgan fingerprint density at radius 2 is 1.77 bits per heavy atom. The summed E-state index contributed by atoms with van der Waals surface area (Å²) < 4.78 is 34.1. The quantitative estimate of drug-likeness (QED) is 0.436. The van der Waals surface area contributed by atoms with Crippen molar-refractivity contribution >= 4 is 56.2 Å². The van der Waals surface area contributed by atoms with Gasteiger partial charge in [-0.15, -0.1) is 0 Å². The predicted octanol–water partition coefficient (Wildman–Crippen LogP) is 4.47. The van der Waals surface area contributed by atoms with Crippen LogP contribution in [0.2, 0.25) is 5.02 Å². The van der Waals surface area contributed by atoms with Gasteiger partial charge in [-0.1, -0.05) is 29.8 Å². The van der Waals surface area contributed by atoms with Gasteiger partial charge in [0.05, 0.1) is 22.6 Å². The molecule has 0 radical (unpaired) electrons. The van der Waals surface area contributed by atoms with E-state index in [1.54, 1.807) is 37.5 Å². The molecule has 8 nitrogen and oxygen atoms in total. The minimum atomic E-state index is -3.78. The zero-order valence-electron chi connectivity index (χ0n) is 18.4. The van der Waals surface area contributed by atoms with E-state index < -0.39 is 10.0 Å². The van der Waals surface area contributed by atoms with Gasteiger partial charge in [0.2, 0.25) is 10.0 Å². The summed E-state index contributed by atoms with van der Waals surface area (Å²) >= 11 is 7.09. The standard InChI is InChI=1S/C24H20ClN3O5S2/c1-32-21-12-16(4-11-20(21)33-14-15-2-5-17(25)6-3-15)13-22-23(29)28-24(34-22)27-18-7-9-19(10-8-18)35(26,30)31/h2-13H,14H2,1H3,(H2,26,30,31)(H,27,28,29)/b22-13-. The fourth-order valence-electron chi connectivity index (χ4n) is 3.09. The zero-order valence-corrected chi connectivity index (χ0v) is 20.8. The molecule has 1 amide bonds. The number of carbonyl (C=O) groups excluding carboxylic acids is 1. The Morgan fingerprint density at radius 3 is 2.43 bits per heavy atom. The van der Waals surface area contributed by atoms with E-state index in [1.165, 1.54) is 36.0 Å². The minimum absolute atomic E-state index is 0.0142. The van der Waals surface area contributed by atoms with E-state index in [9.17, 15) is 13.2 Å². The van der Waals surface area contributed by atoms with Crippen molar-refractivity contribution in [1.29, 1.82) is 0 Å². The van der Waals surface area contributed by atoms with Crippen LogP contribution in [0.3, 0.4) is 0 Å². The SMILES string of the molecule is COc1cc(/C=C2\SC(=Nc3ccc(S(N)(=O)=O)cc3)NC2=O)ccc1OCc1ccc(Cl)cc1. The number of thioether (sulfide) groups is 1. The highest BCUT2D eigenvalue weighted by molar-refractivity contribution is 8.18. The van der Waals surface area contributed by atoms with Crippen LogP contribution in [-0.4, -0.2) is 26.6 Å². The fourth-order valence-corrected chi connectivity index (χ4v) is 4.58. The lowest BCUT2D eigenvalue weighted by Crippen LogP contribution is -2.19. The number of amides is 1. The number of nitrogens with zero attached hydrogens (tertiary/aromatic N) is 1. The maximum Gasteiger partial charge on any atom is 0.264 e. The topological polar surface area (TPSA) is 120 Å². The molecule has 1 fully saturated rings. The minimum Gasteiger partial charge on any atom is -0.493 e. The summed E-state index contributed by atoms with van der Waals surface area (Å²) in [5, 5.41) is 8.84. The van der Waals surface area contributed by atoms with Gasteiger partial charge in [-0.25, -0.2) is 18.5 Å². The van der Waals surface area contributed by atoms with Gasteiger partial charge in [-0.3, -0.25) is 4.79 Å². The highest BCUT2D eigenvalue weighted by Gasteiger charge is 2.24. The average Bonchev–Trinajstić information content (AvgIpc) is 3.17. The summed E-state index contributed by atoms with van der Waals surface area (Å²) in [6.07, 6.45) is 1.72. The molecule has 35 heavy (non-hydrogen) atoms. The molecule has 0 saturated carbocycles. The average molecular weight is 530 g/mol. The molecule has 3 aromatic carbocycles. The number of rotatable bonds is 7. The van der Waals surface area contributed by atoms with Crippen molar-refractivity contribution in [1.82, 2.24) is 5.32 Å². The first-order valence-electron chi connectivity index (χ1n) is 10.2. The lowest BCUT2D eigenvalue weighted by atomic mass is 10.2. The number of primary sulfonamides is 1. The predicted molar refractivity (Wildman–Crippen MR) is 137 cm³/mol. The Hall–Kier alpha value is -3.31. The number of carbonyl (C=O) groups is 1. The third-order valence-electron chi connectivity index (χ3n) is 4.84. The van der Waals surface area contributed by atoms with Gasteiger partial charge in [0, 0.05) is 5.02 Å². The Kier molecular flexibility index (Phi) is 7.46. The molecule has 4 rings (SSSR count). The summed E-state index contributed by atoms with van der Waals surface area (Å²) in [7, 11) is -2.24. The fraction of sp³-hybridized carbons (Fsp3) is 0.0833. The van der Waals surface area contributed by atoms with Crippen molar-refractivity contribution < 1.29 is 22.7 Å². The van der Waals surface area contributed by atoms with Crippen molar-refractivity contribution in [2.24, 2.45) is 10.1 Å². The second kappa shape index (κ2) is 10.5. The van der Waals surface area contributed by atoms with Crippen molar-refractivity contribution in [2.75, 3.05) is 7.11 Å². The van der Waals surface area contributed by atoms with Crippen molar-refractivity contribution in [2.45, 2.75) is 11.5 Å². The van der Waals surface area contributed by atoms with E-state index >= 15 is 0 Å². The number of amidine groups is 1. The van der Waals surface area contributed by atoms with Crippen molar-refractivity contribution in [3.8, 4) is 11.5 Å². The van der Waals surface area contributed by atoms with Crippen LogP contribution in [0.5, 0.6) is 11.5 Å². The molecule has 0 spiro atoms. The molecule has 3 aromatic rings. The van der Waals surface area contributed by atoms with E-state index in [0.717, 1.165) is 11.1 Å². The van der Waals surface area contributed by atoms with Gasteiger partial charge >= 0.3 is 0 Å². The van der Waals surface area contributed by atoms with Crippen molar-refractivity contribution in [3.05, 3.63) is 87.8 Å². The van der Waals surface area contributed by atoms with E-state index in [4.69, 9.17) is 26.2 Å². The molecule has 0 unspecified atom stereocenters. The second-order valence-electron chi connectivity index (χ2n) is 7.35. The number of methoxy groups -OCH3 is 1. The molecule has 0 bridgehead atoms. The largest absolute Gasteiger partial charge is 0.493 e. The third kappa shape index (κ3) is 6.43. The van der Waals surface area contributed by atoms with Crippen LogP contribution in [0.1, 0.15) is 11.1 Å². The summed E-state index contributed by atoms with van der Waals surface area (Å²) in [4.78, 5) is 17.2. The zero-order chi connectivity index (χ0) is 25.0. The van der Waals surface area contributed by atoms with Crippen LogP contribution in [0.15, 0.2) is 81.5 Å². The molecular weight excluding hydrogens is 510 g/mol. The number of hydrogen-bond donors (Lipinski definition) is 2. The second-order valence-corrected chi connectivity index (χ2v) is 10.4. The molecular formula is C24H20ClN3O5S2. The Morgan fingerprint density at radius 1 is 1.06 bits per heavy atom. The first-order chi connectivity index (χ1) is 16.7. The highest BCUT2D eigenvalue weighted by Crippen LogP contribution is 2.33. The smallest absolute Gasteiger partial charge is 0.264 e. The number of nitrogens with two attached hydrogens (primary N) is 1. The van der Waals surface area contributed by atoms with Crippen LogP contribution in [0, 0.1) is 0 Å². The lowest BCUT2D eigenvalue weighted by molar-refractivity contribution is -0.115. The van der Waals surface area contributed by atoms with E-state index in [-0.39, 0.29) is 10.8 Å². The summed E-state index contributed by atoms with van der Waals surface area (Å²) in [5.41, 5.74) is 2.19. The first kappa shape index (κ1) is 24.8. The molecule has 1 aliphatic heterocycles. The lowest BCUT2D eigenvalue weighted by Gasteiger charge is -2.11. The van der Waals surface area contributed by atoms with Crippen LogP contribution in [0.25, 0.3) is 6.08 Å². The molecule has 0 atom stereocenters. The number of ether oxygens (including phenoxy) is 2. The van der Waals surface area contributed by atoms with Gasteiger partial charge in [0.25, 0.3) is 5.91 Å². The van der Waals surface area contributed by atoms with Crippen LogP contribution >= 0.6 is 23.4 Å². The molecule has 0 aromatic heterocycles. The number of aliphatic imine (C=N–C) groups is 1. The van der Waals surface area contributed by atoms with Gasteiger partial charge in [0.1, 0.15) is 6.61 Å². The summed E-state index contributed by atoms with van der Waals surface area (Å²) in [5.74, 6) is 0.802. The van der Waals surface area contributed by atoms with Crippen LogP contribution in [-0.2, 0) is 21.4 Å². The first-order valence-corrected chi connectivity index (χ1v) is 12.9. The number of hydrogen-bond acceptors (Lipinski definition) is 7. The van der Waals surface area contributed by atoms with E-state index in [0.29, 0.717) is 38.9 Å². The summed E-state index contributed by atoms with van der Waals surface area (Å²) in [6.45, 7) is 0.351. The summed E-state index contributed by atoms with van der Waals surface area (Å²) in [6, 6.07) is 18.5. The molecule has 1 saturated heterocycles. The van der Waals surface area contributed by atoms with Gasteiger partial charge in [0.15, 0.2) is 16.7 Å². The monoisotopic (exact) mass is 529 g/mol. The third-order valence-corrected chi connectivity index (χ3v) is 6.93. The Labute approximate surface area is 211 Å². The number of halogens is 1. The Balaban J connectivity index is 1.47.